The molecule has 1 fully saturated rings. The molecule has 0 radical (unpaired) electrons. The summed E-state index contributed by atoms with van der Waals surface area (Å²) in [5.41, 5.74) is 5.38. The molecule has 0 aliphatic carbocycles. The van der Waals surface area contributed by atoms with Gasteiger partial charge in [-0.3, -0.25) is 9.48 Å². The second kappa shape index (κ2) is 3.28. The summed E-state index contributed by atoms with van der Waals surface area (Å²) in [5, 5.41) is 3.95. The number of carbonyl (C=O) groups excluding carboxylic acids is 1. The first-order chi connectivity index (χ1) is 6.66. The summed E-state index contributed by atoms with van der Waals surface area (Å²) in [6.07, 6.45) is 2.44. The van der Waals surface area contributed by atoms with Crippen LogP contribution >= 0.6 is 0 Å². The maximum Gasteiger partial charge on any atom is 0.239 e. The Morgan fingerprint density at radius 3 is 3.00 bits per heavy atom. The van der Waals surface area contributed by atoms with Crippen molar-refractivity contribution in [1.82, 2.24) is 19.7 Å². The van der Waals surface area contributed by atoms with E-state index in [4.69, 9.17) is 5.73 Å². The number of amides is 1. The molecule has 6 heteroatoms. The quantitative estimate of drug-likeness (QED) is 0.679. The molecule has 0 saturated carbocycles. The van der Waals surface area contributed by atoms with Crippen molar-refractivity contribution < 1.29 is 4.79 Å². The highest BCUT2D eigenvalue weighted by molar-refractivity contribution is 5.80. The highest BCUT2D eigenvalue weighted by Crippen LogP contribution is 2.17. The number of hydrogen-bond donors (Lipinski definition) is 1. The summed E-state index contributed by atoms with van der Waals surface area (Å²) >= 11 is 0. The Kier molecular flexibility index (Phi) is 2.11. The molecule has 0 spiro atoms. The molecule has 1 amide bonds. The number of rotatable bonds is 2. The average molecular weight is 195 g/mol. The summed E-state index contributed by atoms with van der Waals surface area (Å²) in [6, 6.07) is 0. The Hall–Kier alpha value is -1.59. The number of aromatic nitrogens is 3. The fourth-order valence-corrected chi connectivity index (χ4v) is 1.69. The summed E-state index contributed by atoms with van der Waals surface area (Å²) < 4.78 is 1.62. The van der Waals surface area contributed by atoms with Gasteiger partial charge in [-0.05, 0) is 6.42 Å². The van der Waals surface area contributed by atoms with Gasteiger partial charge < -0.3 is 10.6 Å². The van der Waals surface area contributed by atoms with Crippen molar-refractivity contribution in [2.45, 2.75) is 13.0 Å². The van der Waals surface area contributed by atoms with Crippen LogP contribution in [0.15, 0.2) is 6.33 Å². The number of carbonyl (C=O) groups is 1. The van der Waals surface area contributed by atoms with Crippen molar-refractivity contribution in [3.8, 4) is 0 Å². The number of nitrogens with two attached hydrogens (primary N) is 1. The molecule has 1 aromatic heterocycles. The first-order valence-electron chi connectivity index (χ1n) is 4.56. The predicted octanol–water partition coefficient (Wildman–Crippen LogP) is -0.661. The molecule has 1 aliphatic rings. The van der Waals surface area contributed by atoms with Gasteiger partial charge in [-0.1, -0.05) is 0 Å². The maximum absolute atomic E-state index is 11.5. The molecule has 14 heavy (non-hydrogen) atoms. The maximum atomic E-state index is 11.5. The third-order valence-electron chi connectivity index (χ3n) is 2.50. The highest BCUT2D eigenvalue weighted by atomic mass is 16.2. The normalized spacial score (nSPS) is 21.9. The van der Waals surface area contributed by atoms with Crippen molar-refractivity contribution in [3.63, 3.8) is 0 Å². The summed E-state index contributed by atoms with van der Waals surface area (Å²) in [4.78, 5) is 17.1. The lowest BCUT2D eigenvalue weighted by Crippen LogP contribution is -2.25. The van der Waals surface area contributed by atoms with Crippen LogP contribution in [0.1, 0.15) is 6.42 Å². The van der Waals surface area contributed by atoms with Crippen molar-refractivity contribution >= 4 is 11.9 Å². The number of anilines is 1. The van der Waals surface area contributed by atoms with Gasteiger partial charge in [0.25, 0.3) is 0 Å². The van der Waals surface area contributed by atoms with Gasteiger partial charge in [-0.2, -0.15) is 0 Å². The van der Waals surface area contributed by atoms with Gasteiger partial charge in [0.1, 0.15) is 6.33 Å². The smallest absolute Gasteiger partial charge is 0.239 e. The fraction of sp³-hybridized carbons (Fsp3) is 0.625. The lowest BCUT2D eigenvalue weighted by atomic mass is 10.1. The minimum atomic E-state index is 0.0288. The Morgan fingerprint density at radius 2 is 2.50 bits per heavy atom. The lowest BCUT2D eigenvalue weighted by molar-refractivity contribution is -0.130. The average Bonchev–Trinajstić information content (AvgIpc) is 2.67. The van der Waals surface area contributed by atoms with Crippen molar-refractivity contribution in [3.05, 3.63) is 6.33 Å². The van der Waals surface area contributed by atoms with E-state index in [-0.39, 0.29) is 17.8 Å². The third-order valence-corrected chi connectivity index (χ3v) is 2.50. The van der Waals surface area contributed by atoms with E-state index in [1.165, 1.54) is 0 Å². The summed E-state index contributed by atoms with van der Waals surface area (Å²) in [7, 11) is 1.82. The van der Waals surface area contributed by atoms with Crippen molar-refractivity contribution in [1.29, 1.82) is 0 Å². The van der Waals surface area contributed by atoms with E-state index in [0.717, 1.165) is 13.0 Å². The summed E-state index contributed by atoms with van der Waals surface area (Å²) in [6.45, 7) is 1.40. The van der Waals surface area contributed by atoms with Crippen LogP contribution in [0.25, 0.3) is 0 Å². The number of hydrogen-bond acceptors (Lipinski definition) is 4. The molecule has 0 aromatic carbocycles. The monoisotopic (exact) mass is 195 g/mol. The Bertz CT molecular complexity index is 347. The predicted molar refractivity (Wildman–Crippen MR) is 50.2 cm³/mol. The van der Waals surface area contributed by atoms with Crippen LogP contribution in [0.3, 0.4) is 0 Å². The van der Waals surface area contributed by atoms with Gasteiger partial charge >= 0.3 is 0 Å². The van der Waals surface area contributed by atoms with Crippen LogP contribution in [0.4, 0.5) is 5.95 Å². The summed E-state index contributed by atoms with van der Waals surface area (Å²) in [5.74, 6) is 0.462. The Balaban J connectivity index is 2.02. The van der Waals surface area contributed by atoms with Gasteiger partial charge in [-0.25, -0.2) is 4.98 Å². The van der Waals surface area contributed by atoms with Crippen LogP contribution < -0.4 is 5.73 Å². The minimum absolute atomic E-state index is 0.0288. The molecule has 1 saturated heterocycles. The van der Waals surface area contributed by atoms with E-state index in [1.54, 1.807) is 15.9 Å². The van der Waals surface area contributed by atoms with Crippen LogP contribution in [0, 0.1) is 5.92 Å². The van der Waals surface area contributed by atoms with Gasteiger partial charge in [0, 0.05) is 13.6 Å². The largest absolute Gasteiger partial charge is 0.367 e. The third kappa shape index (κ3) is 1.55. The zero-order valence-corrected chi connectivity index (χ0v) is 8.05. The molecule has 1 aliphatic heterocycles. The molecular weight excluding hydrogens is 182 g/mol. The first-order valence-corrected chi connectivity index (χ1v) is 4.56. The van der Waals surface area contributed by atoms with Gasteiger partial charge in [-0.15, -0.1) is 5.10 Å². The molecule has 0 bridgehead atoms. The van der Waals surface area contributed by atoms with E-state index in [2.05, 4.69) is 10.1 Å². The standard InChI is InChI=1S/C8H13N5O/c1-12-3-2-6(7(12)14)4-13-5-10-8(9)11-13/h5-6H,2-4H2,1H3,(H2,9,11). The van der Waals surface area contributed by atoms with E-state index >= 15 is 0 Å². The van der Waals surface area contributed by atoms with Gasteiger partial charge in [0.05, 0.1) is 12.5 Å². The van der Waals surface area contributed by atoms with Crippen molar-refractivity contribution in [2.75, 3.05) is 19.3 Å². The van der Waals surface area contributed by atoms with Crippen LogP contribution in [-0.2, 0) is 11.3 Å². The second-order valence-electron chi connectivity index (χ2n) is 3.57. The first kappa shape index (κ1) is 8.98. The van der Waals surface area contributed by atoms with Crippen LogP contribution in [-0.4, -0.2) is 39.2 Å². The zero-order chi connectivity index (χ0) is 10.1. The molecule has 1 atom stereocenters. The molecule has 6 nitrogen and oxygen atoms in total. The second-order valence-corrected chi connectivity index (χ2v) is 3.57. The number of nitrogen functional groups attached to an aromatic ring is 1. The fourth-order valence-electron chi connectivity index (χ4n) is 1.69. The van der Waals surface area contributed by atoms with Crippen LogP contribution in [0.2, 0.25) is 0 Å². The highest BCUT2D eigenvalue weighted by Gasteiger charge is 2.29. The number of nitrogens with zero attached hydrogens (tertiary/aromatic N) is 4. The lowest BCUT2D eigenvalue weighted by Gasteiger charge is -2.09. The molecular formula is C8H13N5O. The van der Waals surface area contributed by atoms with Gasteiger partial charge in [0.2, 0.25) is 11.9 Å². The topological polar surface area (TPSA) is 77.0 Å². The van der Waals surface area contributed by atoms with E-state index in [0.29, 0.717) is 6.54 Å². The molecule has 1 unspecified atom stereocenters. The van der Waals surface area contributed by atoms with E-state index in [1.807, 2.05) is 7.05 Å². The Morgan fingerprint density at radius 1 is 1.71 bits per heavy atom. The molecule has 76 valence electrons. The van der Waals surface area contributed by atoms with E-state index in [9.17, 15) is 4.79 Å². The Labute approximate surface area is 81.7 Å². The van der Waals surface area contributed by atoms with Crippen molar-refractivity contribution in [2.24, 2.45) is 5.92 Å². The van der Waals surface area contributed by atoms with E-state index < -0.39 is 0 Å². The minimum Gasteiger partial charge on any atom is -0.367 e. The van der Waals surface area contributed by atoms with Crippen LogP contribution in [0.5, 0.6) is 0 Å². The molecule has 2 rings (SSSR count). The number of likely N-dealkylation sites (tertiary alicyclic amines) is 1. The molecule has 2 N–H and O–H groups in total. The zero-order valence-electron chi connectivity index (χ0n) is 8.05. The van der Waals surface area contributed by atoms with Gasteiger partial charge in [0.15, 0.2) is 0 Å². The molecule has 2 heterocycles. The SMILES string of the molecule is CN1CCC(Cn2cnc(N)n2)C1=O. The molecule has 1 aromatic rings.